The highest BCUT2D eigenvalue weighted by atomic mass is 32.2. The minimum atomic E-state index is -3.75. The highest BCUT2D eigenvalue weighted by molar-refractivity contribution is 7.89. The van der Waals surface area contributed by atoms with E-state index in [4.69, 9.17) is 4.74 Å². The Balaban J connectivity index is 2.43. The molecule has 1 aromatic carbocycles. The molecule has 0 aliphatic carbocycles. The van der Waals surface area contributed by atoms with E-state index in [1.807, 2.05) is 20.8 Å². The Kier molecular flexibility index (Phi) is 5.26. The Labute approximate surface area is 138 Å². The molecule has 0 saturated heterocycles. The molecule has 126 valence electrons. The van der Waals surface area contributed by atoms with Crippen LogP contribution in [0.4, 0.5) is 0 Å². The molecule has 5 nitrogen and oxygen atoms in total. The maximum absolute atomic E-state index is 13.0. The van der Waals surface area contributed by atoms with E-state index in [0.29, 0.717) is 6.42 Å². The first-order chi connectivity index (χ1) is 10.8. The largest absolute Gasteiger partial charge is 0.465 e. The number of nitrogens with zero attached hydrogens (tertiary/aromatic N) is 1. The molecule has 0 amide bonds. The van der Waals surface area contributed by atoms with Gasteiger partial charge >= 0.3 is 5.97 Å². The Morgan fingerprint density at radius 2 is 1.78 bits per heavy atom. The van der Waals surface area contributed by atoms with Crippen molar-refractivity contribution in [3.05, 3.63) is 41.0 Å². The zero-order valence-corrected chi connectivity index (χ0v) is 14.8. The van der Waals surface area contributed by atoms with Crippen molar-refractivity contribution >= 4 is 16.0 Å². The number of sulfonamides is 1. The predicted octanol–water partition coefficient (Wildman–Crippen LogP) is 2.66. The molecule has 0 unspecified atom stereocenters. The second-order valence-electron chi connectivity index (χ2n) is 5.90. The van der Waals surface area contributed by atoms with Gasteiger partial charge in [-0.15, -0.1) is 0 Å². The molecular formula is C17H23NO4S. The van der Waals surface area contributed by atoms with E-state index >= 15 is 0 Å². The summed E-state index contributed by atoms with van der Waals surface area (Å²) in [5.41, 5.74) is 3.00. The fourth-order valence-corrected chi connectivity index (χ4v) is 4.19. The van der Waals surface area contributed by atoms with Gasteiger partial charge in [-0.1, -0.05) is 28.8 Å². The molecule has 2 rings (SSSR count). The lowest BCUT2D eigenvalue weighted by molar-refractivity contribution is -0.147. The Morgan fingerprint density at radius 1 is 1.17 bits per heavy atom. The SMILES string of the molecule is CCOC(=O)[C@@H]1CC(C)=C(C)CN1S(=O)(=O)c1ccc(C)cc1. The van der Waals surface area contributed by atoms with Crippen LogP contribution in [0, 0.1) is 6.92 Å². The summed E-state index contributed by atoms with van der Waals surface area (Å²) in [5.74, 6) is -0.491. The summed E-state index contributed by atoms with van der Waals surface area (Å²) in [5, 5.41) is 0. The lowest BCUT2D eigenvalue weighted by Gasteiger charge is -2.34. The molecule has 1 heterocycles. The standard InChI is InChI=1S/C17H23NO4S/c1-5-22-17(19)16-10-13(3)14(4)11-18(16)23(20,21)15-8-6-12(2)7-9-15/h6-9,16H,5,10-11H2,1-4H3/t16-/m0/s1. The minimum absolute atomic E-state index is 0.199. The van der Waals surface area contributed by atoms with Gasteiger partial charge in [0, 0.05) is 6.54 Å². The van der Waals surface area contributed by atoms with Gasteiger partial charge in [0.2, 0.25) is 10.0 Å². The third kappa shape index (κ3) is 3.64. The highest BCUT2D eigenvalue weighted by Gasteiger charge is 2.39. The summed E-state index contributed by atoms with van der Waals surface area (Å²) < 4.78 is 32.3. The number of esters is 1. The molecule has 0 fully saturated rings. The molecule has 23 heavy (non-hydrogen) atoms. The van der Waals surface area contributed by atoms with E-state index < -0.39 is 22.0 Å². The van der Waals surface area contributed by atoms with Crippen molar-refractivity contribution in [2.45, 2.75) is 45.1 Å². The van der Waals surface area contributed by atoms with Crippen LogP contribution in [0.2, 0.25) is 0 Å². The van der Waals surface area contributed by atoms with E-state index in [0.717, 1.165) is 16.7 Å². The van der Waals surface area contributed by atoms with Gasteiger partial charge in [0.25, 0.3) is 0 Å². The Bertz CT molecular complexity index is 719. The number of carbonyl (C=O) groups excluding carboxylic acids is 1. The van der Waals surface area contributed by atoms with Crippen LogP contribution in [0.25, 0.3) is 0 Å². The van der Waals surface area contributed by atoms with E-state index in [1.165, 1.54) is 4.31 Å². The van der Waals surface area contributed by atoms with Gasteiger partial charge in [-0.2, -0.15) is 4.31 Å². The van der Waals surface area contributed by atoms with Crippen LogP contribution in [0.5, 0.6) is 0 Å². The molecular weight excluding hydrogens is 314 g/mol. The molecule has 0 saturated carbocycles. The lowest BCUT2D eigenvalue weighted by atomic mass is 9.98. The summed E-state index contributed by atoms with van der Waals surface area (Å²) >= 11 is 0. The third-order valence-corrected chi connectivity index (χ3v) is 6.02. The fraction of sp³-hybridized carbons (Fsp3) is 0.471. The van der Waals surface area contributed by atoms with Crippen LogP contribution in [0.3, 0.4) is 0 Å². The average Bonchev–Trinajstić information content (AvgIpc) is 2.50. The highest BCUT2D eigenvalue weighted by Crippen LogP contribution is 2.29. The average molecular weight is 337 g/mol. The van der Waals surface area contributed by atoms with Crippen LogP contribution in [-0.4, -0.2) is 37.9 Å². The van der Waals surface area contributed by atoms with Crippen molar-refractivity contribution in [1.82, 2.24) is 4.31 Å². The summed E-state index contributed by atoms with van der Waals surface area (Å²) in [6.07, 6.45) is 0.371. The molecule has 0 aromatic heterocycles. The monoisotopic (exact) mass is 337 g/mol. The van der Waals surface area contributed by atoms with Crippen molar-refractivity contribution in [3.63, 3.8) is 0 Å². The van der Waals surface area contributed by atoms with E-state index in [9.17, 15) is 13.2 Å². The van der Waals surface area contributed by atoms with Gasteiger partial charge in [0.15, 0.2) is 0 Å². The maximum Gasteiger partial charge on any atom is 0.324 e. The zero-order valence-electron chi connectivity index (χ0n) is 14.0. The number of benzene rings is 1. The normalized spacial score (nSPS) is 19.7. The van der Waals surface area contributed by atoms with Crippen molar-refractivity contribution in [2.24, 2.45) is 0 Å². The number of ether oxygens (including phenoxy) is 1. The number of aryl methyl sites for hydroxylation is 1. The maximum atomic E-state index is 13.0. The number of hydrogen-bond donors (Lipinski definition) is 0. The van der Waals surface area contributed by atoms with E-state index in [-0.39, 0.29) is 18.0 Å². The van der Waals surface area contributed by atoms with Gasteiger partial charge in [0.05, 0.1) is 11.5 Å². The lowest BCUT2D eigenvalue weighted by Crippen LogP contribution is -2.48. The van der Waals surface area contributed by atoms with Gasteiger partial charge in [0.1, 0.15) is 6.04 Å². The molecule has 1 atom stereocenters. The summed E-state index contributed by atoms with van der Waals surface area (Å²) in [7, 11) is -3.75. The molecule has 6 heteroatoms. The fourth-order valence-electron chi connectivity index (χ4n) is 2.58. The van der Waals surface area contributed by atoms with Gasteiger partial charge in [-0.25, -0.2) is 8.42 Å². The van der Waals surface area contributed by atoms with Crippen molar-refractivity contribution < 1.29 is 17.9 Å². The van der Waals surface area contributed by atoms with Gasteiger partial charge in [-0.3, -0.25) is 4.79 Å². The minimum Gasteiger partial charge on any atom is -0.465 e. The Hall–Kier alpha value is -1.66. The molecule has 1 aromatic rings. The molecule has 1 aliphatic heterocycles. The number of rotatable bonds is 4. The zero-order chi connectivity index (χ0) is 17.2. The quantitative estimate of drug-likeness (QED) is 0.626. The Morgan fingerprint density at radius 3 is 2.35 bits per heavy atom. The summed E-state index contributed by atoms with van der Waals surface area (Å²) in [6.45, 7) is 7.88. The summed E-state index contributed by atoms with van der Waals surface area (Å²) in [6, 6.07) is 5.86. The second-order valence-corrected chi connectivity index (χ2v) is 7.79. The molecule has 0 N–H and O–H groups in total. The van der Waals surface area contributed by atoms with E-state index in [1.54, 1.807) is 31.2 Å². The van der Waals surface area contributed by atoms with Crippen LogP contribution < -0.4 is 0 Å². The summed E-state index contributed by atoms with van der Waals surface area (Å²) in [4.78, 5) is 12.4. The van der Waals surface area contributed by atoms with Crippen molar-refractivity contribution in [1.29, 1.82) is 0 Å². The van der Waals surface area contributed by atoms with Gasteiger partial charge < -0.3 is 4.74 Å². The first kappa shape index (κ1) is 17.7. The second kappa shape index (κ2) is 6.84. The van der Waals surface area contributed by atoms with E-state index in [2.05, 4.69) is 0 Å². The smallest absolute Gasteiger partial charge is 0.324 e. The third-order valence-electron chi connectivity index (χ3n) is 4.15. The van der Waals surface area contributed by atoms with Crippen LogP contribution >= 0.6 is 0 Å². The van der Waals surface area contributed by atoms with Crippen molar-refractivity contribution in [2.75, 3.05) is 13.2 Å². The van der Waals surface area contributed by atoms with Crippen LogP contribution in [0.15, 0.2) is 40.3 Å². The molecule has 1 aliphatic rings. The number of carbonyl (C=O) groups is 1. The molecule has 0 spiro atoms. The topological polar surface area (TPSA) is 63.7 Å². The van der Waals surface area contributed by atoms with Crippen LogP contribution in [-0.2, 0) is 19.6 Å². The first-order valence-electron chi connectivity index (χ1n) is 7.67. The molecule has 0 radical (unpaired) electrons. The first-order valence-corrected chi connectivity index (χ1v) is 9.11. The molecule has 0 bridgehead atoms. The number of hydrogen-bond acceptors (Lipinski definition) is 4. The predicted molar refractivity (Wildman–Crippen MR) is 88.5 cm³/mol. The van der Waals surface area contributed by atoms with Crippen molar-refractivity contribution in [3.8, 4) is 0 Å². The van der Waals surface area contributed by atoms with Crippen LogP contribution in [0.1, 0.15) is 32.8 Å². The van der Waals surface area contributed by atoms with Gasteiger partial charge in [-0.05, 0) is 46.2 Å².